The number of anilines is 1. The number of nitrogens with two attached hydrogens (primary N) is 1. The van der Waals surface area contributed by atoms with Gasteiger partial charge in [0, 0.05) is 30.9 Å². The maximum Gasteiger partial charge on any atom is 0.253 e. The molecule has 1 aromatic heterocycles. The van der Waals surface area contributed by atoms with Crippen molar-refractivity contribution in [3.8, 4) is 0 Å². The van der Waals surface area contributed by atoms with E-state index >= 15 is 0 Å². The zero-order valence-corrected chi connectivity index (χ0v) is 15.4. The first-order valence-electron chi connectivity index (χ1n) is 9.16. The molecule has 1 amide bonds. The molecular formula is C21H23N5O. The molecule has 1 atom stereocenters. The standard InChI is InChI=1S/C21H23N5O/c1-25(14-20-23-10-8-19(22)24-20)18-9-11-26(13-18)21(27)17-7-6-15-4-2-3-5-16(15)12-17/h2-8,10,12,18H,9,11,13-14H2,1H3,(H2,22,23,24)/t18-/m0/s1. The van der Waals surface area contributed by atoms with Crippen LogP contribution in [0, 0.1) is 0 Å². The molecule has 6 nitrogen and oxygen atoms in total. The lowest BCUT2D eigenvalue weighted by atomic mass is 10.1. The first-order chi connectivity index (χ1) is 13.1. The van der Waals surface area contributed by atoms with Crippen molar-refractivity contribution in [3.05, 3.63) is 66.1 Å². The lowest BCUT2D eigenvalue weighted by Crippen LogP contribution is -2.36. The van der Waals surface area contributed by atoms with Crippen molar-refractivity contribution in [2.75, 3.05) is 25.9 Å². The lowest BCUT2D eigenvalue weighted by molar-refractivity contribution is 0.0779. The molecule has 2 N–H and O–H groups in total. The van der Waals surface area contributed by atoms with Crippen molar-refractivity contribution < 1.29 is 4.79 Å². The predicted octanol–water partition coefficient (Wildman–Crippen LogP) is 2.56. The lowest BCUT2D eigenvalue weighted by Gasteiger charge is -2.24. The van der Waals surface area contributed by atoms with E-state index in [0.29, 0.717) is 30.8 Å². The smallest absolute Gasteiger partial charge is 0.253 e. The minimum Gasteiger partial charge on any atom is -0.384 e. The molecule has 3 aromatic rings. The van der Waals surface area contributed by atoms with Crippen molar-refractivity contribution in [2.45, 2.75) is 19.0 Å². The van der Waals surface area contributed by atoms with Crippen LogP contribution in [0.4, 0.5) is 5.82 Å². The molecule has 4 rings (SSSR count). The second kappa shape index (κ2) is 7.32. The number of likely N-dealkylation sites (tertiary alicyclic amines) is 1. The summed E-state index contributed by atoms with van der Waals surface area (Å²) in [6.45, 7) is 2.09. The Morgan fingerprint density at radius 2 is 2.04 bits per heavy atom. The van der Waals surface area contributed by atoms with E-state index in [4.69, 9.17) is 5.73 Å². The number of nitrogens with zero attached hydrogens (tertiary/aromatic N) is 4. The third kappa shape index (κ3) is 3.75. The molecule has 2 aromatic carbocycles. The molecule has 1 aliphatic heterocycles. The molecule has 0 spiro atoms. The monoisotopic (exact) mass is 361 g/mol. The van der Waals surface area contributed by atoms with Crippen molar-refractivity contribution >= 4 is 22.5 Å². The number of aromatic nitrogens is 2. The summed E-state index contributed by atoms with van der Waals surface area (Å²) in [5, 5.41) is 2.24. The molecular weight excluding hydrogens is 338 g/mol. The summed E-state index contributed by atoms with van der Waals surface area (Å²) >= 11 is 0. The Morgan fingerprint density at radius 1 is 1.22 bits per heavy atom. The van der Waals surface area contributed by atoms with Gasteiger partial charge in [-0.15, -0.1) is 0 Å². The van der Waals surface area contributed by atoms with Crippen LogP contribution in [-0.4, -0.2) is 51.9 Å². The normalized spacial score (nSPS) is 17.0. The summed E-state index contributed by atoms with van der Waals surface area (Å²) < 4.78 is 0. The Kier molecular flexibility index (Phi) is 4.73. The number of fused-ring (bicyclic) bond motifs is 1. The molecule has 138 valence electrons. The van der Waals surface area contributed by atoms with Crippen LogP contribution in [-0.2, 0) is 6.54 Å². The van der Waals surface area contributed by atoms with Crippen molar-refractivity contribution in [1.82, 2.24) is 19.8 Å². The van der Waals surface area contributed by atoms with Crippen LogP contribution in [0.3, 0.4) is 0 Å². The molecule has 0 aliphatic carbocycles. The van der Waals surface area contributed by atoms with E-state index in [1.54, 1.807) is 12.3 Å². The Bertz CT molecular complexity index is 973. The van der Waals surface area contributed by atoms with Gasteiger partial charge in [-0.05, 0) is 42.4 Å². The van der Waals surface area contributed by atoms with Gasteiger partial charge in [0.2, 0.25) is 0 Å². The Labute approximate surface area is 158 Å². The first-order valence-corrected chi connectivity index (χ1v) is 9.16. The summed E-state index contributed by atoms with van der Waals surface area (Å²) in [4.78, 5) is 25.6. The number of hydrogen-bond acceptors (Lipinski definition) is 5. The second-order valence-corrected chi connectivity index (χ2v) is 7.07. The maximum atomic E-state index is 12.9. The molecule has 1 fully saturated rings. The fourth-order valence-electron chi connectivity index (χ4n) is 3.63. The van der Waals surface area contributed by atoms with Crippen molar-refractivity contribution in [1.29, 1.82) is 0 Å². The molecule has 0 bridgehead atoms. The van der Waals surface area contributed by atoms with Gasteiger partial charge >= 0.3 is 0 Å². The second-order valence-electron chi connectivity index (χ2n) is 7.07. The quantitative estimate of drug-likeness (QED) is 0.773. The molecule has 0 unspecified atom stereocenters. The number of likely N-dealkylation sites (N-methyl/N-ethyl adjacent to an activating group) is 1. The van der Waals surface area contributed by atoms with Crippen LogP contribution in [0.15, 0.2) is 54.7 Å². The summed E-state index contributed by atoms with van der Waals surface area (Å²) in [6, 6.07) is 16.0. The van der Waals surface area contributed by atoms with E-state index in [1.807, 2.05) is 48.3 Å². The number of carbonyl (C=O) groups is 1. The van der Waals surface area contributed by atoms with E-state index in [9.17, 15) is 4.79 Å². The topological polar surface area (TPSA) is 75.4 Å². The predicted molar refractivity (Wildman–Crippen MR) is 106 cm³/mol. The van der Waals surface area contributed by atoms with Crippen LogP contribution < -0.4 is 5.73 Å². The third-order valence-electron chi connectivity index (χ3n) is 5.19. The Balaban J connectivity index is 1.42. The number of rotatable bonds is 4. The molecule has 1 saturated heterocycles. The van der Waals surface area contributed by atoms with Crippen LogP contribution >= 0.6 is 0 Å². The Hall–Kier alpha value is -2.99. The minimum absolute atomic E-state index is 0.0943. The zero-order chi connectivity index (χ0) is 18.8. The number of carbonyl (C=O) groups excluding carboxylic acids is 1. The van der Waals surface area contributed by atoms with Gasteiger partial charge in [0.05, 0.1) is 6.54 Å². The highest BCUT2D eigenvalue weighted by Gasteiger charge is 2.29. The number of benzene rings is 2. The molecule has 0 radical (unpaired) electrons. The van der Waals surface area contributed by atoms with Gasteiger partial charge in [0.1, 0.15) is 11.6 Å². The van der Waals surface area contributed by atoms with E-state index in [0.717, 1.165) is 29.3 Å². The first kappa shape index (κ1) is 17.4. The largest absolute Gasteiger partial charge is 0.384 e. The van der Waals surface area contributed by atoms with Crippen molar-refractivity contribution in [2.24, 2.45) is 0 Å². The van der Waals surface area contributed by atoms with E-state index in [-0.39, 0.29) is 5.91 Å². The number of amides is 1. The van der Waals surface area contributed by atoms with Gasteiger partial charge in [-0.25, -0.2) is 9.97 Å². The Morgan fingerprint density at radius 3 is 2.85 bits per heavy atom. The summed E-state index contributed by atoms with van der Waals surface area (Å²) in [5.41, 5.74) is 6.48. The molecule has 1 aliphatic rings. The van der Waals surface area contributed by atoms with Gasteiger partial charge in [-0.3, -0.25) is 9.69 Å². The fourth-order valence-corrected chi connectivity index (χ4v) is 3.63. The van der Waals surface area contributed by atoms with E-state index < -0.39 is 0 Å². The summed E-state index contributed by atoms with van der Waals surface area (Å²) in [7, 11) is 2.04. The number of hydrogen-bond donors (Lipinski definition) is 1. The fraction of sp³-hybridized carbons (Fsp3) is 0.286. The average molecular weight is 361 g/mol. The summed E-state index contributed by atoms with van der Waals surface area (Å²) in [5.74, 6) is 1.28. The number of nitrogen functional groups attached to an aromatic ring is 1. The molecule has 0 saturated carbocycles. The third-order valence-corrected chi connectivity index (χ3v) is 5.19. The summed E-state index contributed by atoms with van der Waals surface area (Å²) in [6.07, 6.45) is 2.62. The van der Waals surface area contributed by atoms with E-state index in [1.165, 1.54) is 0 Å². The average Bonchev–Trinajstić information content (AvgIpc) is 3.17. The molecule has 2 heterocycles. The van der Waals surface area contributed by atoms with Crippen molar-refractivity contribution in [3.63, 3.8) is 0 Å². The highest BCUT2D eigenvalue weighted by Crippen LogP contribution is 2.21. The van der Waals surface area contributed by atoms with Gasteiger partial charge in [0.25, 0.3) is 5.91 Å². The minimum atomic E-state index is 0.0943. The van der Waals surface area contributed by atoms with Gasteiger partial charge in [0.15, 0.2) is 0 Å². The van der Waals surface area contributed by atoms with Gasteiger partial charge < -0.3 is 10.6 Å². The highest BCUT2D eigenvalue weighted by atomic mass is 16.2. The van der Waals surface area contributed by atoms with Crippen LogP contribution in [0.5, 0.6) is 0 Å². The SMILES string of the molecule is CN(Cc1nccc(N)n1)[C@H]1CCN(C(=O)c2ccc3ccccc3c2)C1. The zero-order valence-electron chi connectivity index (χ0n) is 15.4. The molecule has 6 heteroatoms. The van der Waals surface area contributed by atoms with Gasteiger partial charge in [-0.2, -0.15) is 0 Å². The maximum absolute atomic E-state index is 12.9. The van der Waals surface area contributed by atoms with Crippen LogP contribution in [0.25, 0.3) is 10.8 Å². The molecule has 27 heavy (non-hydrogen) atoms. The van der Waals surface area contributed by atoms with Crippen LogP contribution in [0.1, 0.15) is 22.6 Å². The van der Waals surface area contributed by atoms with Crippen LogP contribution in [0.2, 0.25) is 0 Å². The highest BCUT2D eigenvalue weighted by molar-refractivity contribution is 5.98. The van der Waals surface area contributed by atoms with Gasteiger partial charge in [-0.1, -0.05) is 30.3 Å². The van der Waals surface area contributed by atoms with E-state index in [2.05, 4.69) is 20.9 Å².